The van der Waals surface area contributed by atoms with Crippen LogP contribution in [0.2, 0.25) is 0 Å². The molecule has 0 saturated heterocycles. The molecular formula is C14H16N4OS. The smallest absolute Gasteiger partial charge is 0.321 e. The molecule has 2 N–H and O–H groups in total. The summed E-state index contributed by atoms with van der Waals surface area (Å²) < 4.78 is 4.25. The van der Waals surface area contributed by atoms with Crippen molar-refractivity contribution in [3.8, 4) is 11.4 Å². The van der Waals surface area contributed by atoms with Crippen molar-refractivity contribution < 1.29 is 4.79 Å². The van der Waals surface area contributed by atoms with Gasteiger partial charge < -0.3 is 5.32 Å². The quantitative estimate of drug-likeness (QED) is 0.908. The fraction of sp³-hybridized carbons (Fsp3) is 0.357. The van der Waals surface area contributed by atoms with Crippen LogP contribution < -0.4 is 10.6 Å². The summed E-state index contributed by atoms with van der Waals surface area (Å²) >= 11 is 1.19. The average molecular weight is 288 g/mol. The zero-order valence-corrected chi connectivity index (χ0v) is 12.0. The fourth-order valence-electron chi connectivity index (χ4n) is 2.03. The van der Waals surface area contributed by atoms with E-state index in [0.29, 0.717) is 16.9 Å². The molecule has 0 aliphatic heterocycles. The maximum absolute atomic E-state index is 11.8. The maximum atomic E-state index is 11.8. The number of benzene rings is 1. The highest BCUT2D eigenvalue weighted by atomic mass is 32.1. The first-order valence-corrected chi connectivity index (χ1v) is 7.46. The van der Waals surface area contributed by atoms with Gasteiger partial charge in [-0.05, 0) is 25.7 Å². The number of hydrogen-bond donors (Lipinski definition) is 2. The predicted octanol–water partition coefficient (Wildman–Crippen LogP) is 3.13. The largest absolute Gasteiger partial charge is 0.335 e. The second-order valence-electron chi connectivity index (χ2n) is 5.01. The summed E-state index contributed by atoms with van der Waals surface area (Å²) in [5, 5.41) is 6.19. The highest BCUT2D eigenvalue weighted by molar-refractivity contribution is 7.10. The third-order valence-corrected chi connectivity index (χ3v) is 4.00. The van der Waals surface area contributed by atoms with Crippen LogP contribution in [-0.2, 0) is 0 Å². The topological polar surface area (TPSA) is 66.9 Å². The second kappa shape index (κ2) is 5.58. The lowest BCUT2D eigenvalue weighted by molar-refractivity contribution is 0.248. The fourth-order valence-corrected chi connectivity index (χ4v) is 2.62. The second-order valence-corrected chi connectivity index (χ2v) is 5.77. The molecule has 0 bridgehead atoms. The molecule has 3 rings (SSSR count). The Bertz CT molecular complexity index is 594. The molecule has 5 nitrogen and oxygen atoms in total. The van der Waals surface area contributed by atoms with Gasteiger partial charge in [0.2, 0.25) is 5.13 Å². The Hall–Kier alpha value is -1.95. The van der Waals surface area contributed by atoms with Gasteiger partial charge in [-0.1, -0.05) is 30.3 Å². The van der Waals surface area contributed by atoms with Gasteiger partial charge in [0.05, 0.1) is 0 Å². The van der Waals surface area contributed by atoms with Crippen LogP contribution in [0.1, 0.15) is 19.8 Å². The van der Waals surface area contributed by atoms with Gasteiger partial charge in [0.15, 0.2) is 5.82 Å². The van der Waals surface area contributed by atoms with Crippen LogP contribution in [-0.4, -0.2) is 21.4 Å². The van der Waals surface area contributed by atoms with Gasteiger partial charge in [0.1, 0.15) is 0 Å². The molecule has 1 atom stereocenters. The van der Waals surface area contributed by atoms with Crippen molar-refractivity contribution in [1.82, 2.24) is 14.7 Å². The summed E-state index contributed by atoms with van der Waals surface area (Å²) in [6.07, 6.45) is 2.41. The first-order chi connectivity index (χ1) is 9.72. The highest BCUT2D eigenvalue weighted by Gasteiger charge is 2.29. The molecule has 1 aromatic carbocycles. The van der Waals surface area contributed by atoms with E-state index < -0.39 is 0 Å². The number of rotatable bonds is 4. The van der Waals surface area contributed by atoms with E-state index >= 15 is 0 Å². The molecule has 0 unspecified atom stereocenters. The molecule has 1 aromatic heterocycles. The first kappa shape index (κ1) is 13.1. The van der Waals surface area contributed by atoms with Crippen LogP contribution in [0.4, 0.5) is 9.93 Å². The minimum Gasteiger partial charge on any atom is -0.335 e. The number of amides is 2. The van der Waals surface area contributed by atoms with Gasteiger partial charge in [0.25, 0.3) is 0 Å². The number of anilines is 1. The number of hydrogen-bond acceptors (Lipinski definition) is 4. The molecule has 0 spiro atoms. The summed E-state index contributed by atoms with van der Waals surface area (Å²) in [5.41, 5.74) is 0.948. The molecular weight excluding hydrogens is 272 g/mol. The summed E-state index contributed by atoms with van der Waals surface area (Å²) in [7, 11) is 0. The van der Waals surface area contributed by atoms with Crippen molar-refractivity contribution in [1.29, 1.82) is 0 Å². The van der Waals surface area contributed by atoms with Crippen LogP contribution in [0.25, 0.3) is 11.4 Å². The monoisotopic (exact) mass is 288 g/mol. The van der Waals surface area contributed by atoms with Crippen LogP contribution >= 0.6 is 11.5 Å². The van der Waals surface area contributed by atoms with Gasteiger partial charge in [-0.2, -0.15) is 9.36 Å². The Balaban J connectivity index is 1.61. The minimum absolute atomic E-state index is 0.208. The molecule has 2 amide bonds. The van der Waals surface area contributed by atoms with Crippen molar-refractivity contribution in [2.24, 2.45) is 5.92 Å². The van der Waals surface area contributed by atoms with E-state index in [1.807, 2.05) is 37.3 Å². The van der Waals surface area contributed by atoms with Gasteiger partial charge in [-0.15, -0.1) is 0 Å². The maximum Gasteiger partial charge on any atom is 0.321 e. The van der Waals surface area contributed by atoms with Gasteiger partial charge in [-0.25, -0.2) is 4.79 Å². The number of carbonyl (C=O) groups excluding carboxylic acids is 1. The van der Waals surface area contributed by atoms with Gasteiger partial charge >= 0.3 is 6.03 Å². The average Bonchev–Trinajstić information content (AvgIpc) is 3.21. The molecule has 2 aromatic rings. The Morgan fingerprint density at radius 3 is 2.80 bits per heavy atom. The van der Waals surface area contributed by atoms with E-state index in [2.05, 4.69) is 20.0 Å². The molecule has 6 heteroatoms. The number of carbonyl (C=O) groups is 1. The van der Waals surface area contributed by atoms with Crippen LogP contribution in [0.5, 0.6) is 0 Å². The van der Waals surface area contributed by atoms with E-state index in [-0.39, 0.29) is 12.1 Å². The molecule has 1 aliphatic carbocycles. The van der Waals surface area contributed by atoms with Crippen LogP contribution in [0.15, 0.2) is 30.3 Å². The molecule has 1 aliphatic rings. The van der Waals surface area contributed by atoms with Crippen molar-refractivity contribution in [2.75, 3.05) is 5.32 Å². The molecule has 1 heterocycles. The van der Waals surface area contributed by atoms with E-state index in [1.54, 1.807) is 0 Å². The third-order valence-electron chi connectivity index (χ3n) is 3.37. The Labute approximate surface area is 121 Å². The number of urea groups is 1. The van der Waals surface area contributed by atoms with E-state index in [9.17, 15) is 4.79 Å². The normalized spacial score (nSPS) is 15.7. The lowest BCUT2D eigenvalue weighted by Gasteiger charge is -2.12. The van der Waals surface area contributed by atoms with Crippen LogP contribution in [0.3, 0.4) is 0 Å². The SMILES string of the molecule is C[C@@H](NC(=O)Nc1nc(-c2ccccc2)ns1)C1CC1. The number of nitrogens with zero attached hydrogens (tertiary/aromatic N) is 2. The summed E-state index contributed by atoms with van der Waals surface area (Å²) in [4.78, 5) is 16.1. The first-order valence-electron chi connectivity index (χ1n) is 6.69. The predicted molar refractivity (Wildman–Crippen MR) is 79.7 cm³/mol. The number of aromatic nitrogens is 2. The van der Waals surface area contributed by atoms with E-state index in [1.165, 1.54) is 24.4 Å². The van der Waals surface area contributed by atoms with Crippen LogP contribution in [0, 0.1) is 5.92 Å². The van der Waals surface area contributed by atoms with Crippen molar-refractivity contribution in [2.45, 2.75) is 25.8 Å². The third kappa shape index (κ3) is 3.14. The Morgan fingerprint density at radius 1 is 1.35 bits per heavy atom. The van der Waals surface area contributed by atoms with Crippen molar-refractivity contribution in [3.05, 3.63) is 30.3 Å². The Morgan fingerprint density at radius 2 is 2.10 bits per heavy atom. The molecule has 0 radical (unpaired) electrons. The molecule has 1 fully saturated rings. The summed E-state index contributed by atoms with van der Waals surface area (Å²) in [6, 6.07) is 9.72. The summed E-state index contributed by atoms with van der Waals surface area (Å²) in [6.45, 7) is 2.03. The molecule has 20 heavy (non-hydrogen) atoms. The van der Waals surface area contributed by atoms with Gasteiger partial charge in [-0.3, -0.25) is 5.32 Å². The van der Waals surface area contributed by atoms with Gasteiger partial charge in [0, 0.05) is 23.1 Å². The minimum atomic E-state index is -0.208. The van der Waals surface area contributed by atoms with E-state index in [0.717, 1.165) is 5.56 Å². The van der Waals surface area contributed by atoms with E-state index in [4.69, 9.17) is 0 Å². The highest BCUT2D eigenvalue weighted by Crippen LogP contribution is 2.32. The lowest BCUT2D eigenvalue weighted by Crippen LogP contribution is -2.37. The zero-order chi connectivity index (χ0) is 13.9. The zero-order valence-electron chi connectivity index (χ0n) is 11.2. The Kier molecular flexibility index (Phi) is 3.64. The number of nitrogens with one attached hydrogen (secondary N) is 2. The lowest BCUT2D eigenvalue weighted by atomic mass is 10.2. The van der Waals surface area contributed by atoms with Crippen molar-refractivity contribution in [3.63, 3.8) is 0 Å². The summed E-state index contributed by atoms with van der Waals surface area (Å²) in [5.74, 6) is 1.27. The van der Waals surface area contributed by atoms with Crippen molar-refractivity contribution >= 4 is 22.7 Å². The standard InChI is InChI=1S/C14H16N4OS/c1-9(10-7-8-10)15-13(19)17-14-16-12(18-20-14)11-5-3-2-4-6-11/h2-6,9-10H,7-8H2,1H3,(H2,15,16,17,18,19)/t9-/m1/s1. The molecule has 1 saturated carbocycles. The molecule has 104 valence electrons.